The summed E-state index contributed by atoms with van der Waals surface area (Å²) in [5, 5.41) is 4.19. The number of nitrogens with zero attached hydrogens (tertiary/aromatic N) is 4. The maximum absolute atomic E-state index is 5.98. The van der Waals surface area contributed by atoms with E-state index in [0.717, 1.165) is 36.5 Å². The average molecular weight is 293 g/mol. The van der Waals surface area contributed by atoms with Crippen LogP contribution in [0.5, 0.6) is 0 Å². The summed E-state index contributed by atoms with van der Waals surface area (Å²) >= 11 is 5.98. The van der Waals surface area contributed by atoms with Gasteiger partial charge in [0.05, 0.1) is 6.20 Å². The van der Waals surface area contributed by atoms with Crippen LogP contribution in [0.3, 0.4) is 0 Å². The predicted octanol–water partition coefficient (Wildman–Crippen LogP) is 3.14. The van der Waals surface area contributed by atoms with Gasteiger partial charge >= 0.3 is 0 Å². The van der Waals surface area contributed by atoms with Crippen molar-refractivity contribution in [2.45, 2.75) is 32.2 Å². The molecule has 2 rings (SSSR count). The third-order valence-electron chi connectivity index (χ3n) is 3.15. The number of hydrogen-bond acceptors (Lipinski definition) is 3. The molecule has 108 valence electrons. The molecule has 0 aliphatic heterocycles. The molecule has 0 spiro atoms. The van der Waals surface area contributed by atoms with Crippen LogP contribution in [0.1, 0.15) is 30.2 Å². The fourth-order valence-corrected chi connectivity index (χ4v) is 2.35. The fourth-order valence-electron chi connectivity index (χ4n) is 2.20. The van der Waals surface area contributed by atoms with Gasteiger partial charge in [-0.25, -0.2) is 4.98 Å². The summed E-state index contributed by atoms with van der Waals surface area (Å²) in [5.41, 5.74) is 3.40. The number of rotatable bonds is 6. The van der Waals surface area contributed by atoms with Gasteiger partial charge in [-0.3, -0.25) is 4.68 Å². The monoisotopic (exact) mass is 292 g/mol. The molecule has 0 aliphatic rings. The van der Waals surface area contributed by atoms with E-state index < -0.39 is 0 Å². The largest absolute Gasteiger partial charge is 0.355 e. The summed E-state index contributed by atoms with van der Waals surface area (Å²) in [6.45, 7) is 2.95. The number of halogens is 1. The molecule has 0 N–H and O–H groups in total. The predicted molar refractivity (Wildman–Crippen MR) is 83.1 cm³/mol. The van der Waals surface area contributed by atoms with Crippen LogP contribution >= 0.6 is 11.6 Å². The Morgan fingerprint density at radius 3 is 2.70 bits per heavy atom. The molecule has 4 nitrogen and oxygen atoms in total. The molecule has 0 bridgehead atoms. The van der Waals surface area contributed by atoms with E-state index >= 15 is 0 Å². The standard InChI is InChI=1S/C15H21ClN4/c1-4-5-14-6-12(8-16)7-15(18-14)19(2)10-13-9-17-20(3)11-13/h6-7,9,11H,4-5,8,10H2,1-3H3. The molecular formula is C15H21ClN4. The second-order valence-electron chi connectivity index (χ2n) is 5.09. The minimum atomic E-state index is 0.521. The minimum absolute atomic E-state index is 0.521. The zero-order valence-electron chi connectivity index (χ0n) is 12.3. The molecule has 0 fully saturated rings. The maximum atomic E-state index is 5.98. The number of alkyl halides is 1. The molecule has 0 atom stereocenters. The Labute approximate surface area is 125 Å². The lowest BCUT2D eigenvalue weighted by Crippen LogP contribution is -2.18. The first-order valence-electron chi connectivity index (χ1n) is 6.86. The third kappa shape index (κ3) is 3.73. The number of hydrogen-bond donors (Lipinski definition) is 0. The van der Waals surface area contributed by atoms with Crippen molar-refractivity contribution in [3.05, 3.63) is 41.3 Å². The molecule has 20 heavy (non-hydrogen) atoms. The molecule has 0 saturated carbocycles. The summed E-state index contributed by atoms with van der Waals surface area (Å²) in [6.07, 6.45) is 5.98. The second-order valence-corrected chi connectivity index (χ2v) is 5.35. The van der Waals surface area contributed by atoms with Crippen molar-refractivity contribution in [1.82, 2.24) is 14.8 Å². The highest BCUT2D eigenvalue weighted by atomic mass is 35.5. The van der Waals surface area contributed by atoms with Crippen LogP contribution in [-0.2, 0) is 25.9 Å². The van der Waals surface area contributed by atoms with Crippen LogP contribution in [0, 0.1) is 0 Å². The first kappa shape index (κ1) is 14.9. The van der Waals surface area contributed by atoms with Gasteiger partial charge in [-0.15, -0.1) is 11.6 Å². The smallest absolute Gasteiger partial charge is 0.129 e. The van der Waals surface area contributed by atoms with E-state index in [-0.39, 0.29) is 0 Å². The number of anilines is 1. The molecule has 2 aromatic heterocycles. The Balaban J connectivity index is 2.19. The molecule has 0 radical (unpaired) electrons. The van der Waals surface area contributed by atoms with E-state index in [1.165, 1.54) is 5.56 Å². The van der Waals surface area contributed by atoms with Gasteiger partial charge in [-0.05, 0) is 24.1 Å². The molecular weight excluding hydrogens is 272 g/mol. The quantitative estimate of drug-likeness (QED) is 0.767. The van der Waals surface area contributed by atoms with Gasteiger partial charge in [0.25, 0.3) is 0 Å². The van der Waals surface area contributed by atoms with E-state index in [1.54, 1.807) is 0 Å². The van der Waals surface area contributed by atoms with Crippen LogP contribution < -0.4 is 4.90 Å². The molecule has 2 aromatic rings. The molecule has 5 heteroatoms. The van der Waals surface area contributed by atoms with E-state index in [4.69, 9.17) is 16.6 Å². The zero-order valence-corrected chi connectivity index (χ0v) is 13.1. The highest BCUT2D eigenvalue weighted by molar-refractivity contribution is 6.17. The van der Waals surface area contributed by atoms with Gasteiger partial charge < -0.3 is 4.90 Å². The van der Waals surface area contributed by atoms with Crippen molar-refractivity contribution in [1.29, 1.82) is 0 Å². The second kappa shape index (κ2) is 6.75. The SMILES string of the molecule is CCCc1cc(CCl)cc(N(C)Cc2cnn(C)c2)n1. The highest BCUT2D eigenvalue weighted by Gasteiger charge is 2.08. The number of pyridine rings is 1. The Morgan fingerprint density at radius 1 is 1.30 bits per heavy atom. The van der Waals surface area contributed by atoms with Gasteiger partial charge in [0.15, 0.2) is 0 Å². The lowest BCUT2D eigenvalue weighted by Gasteiger charge is -2.19. The topological polar surface area (TPSA) is 34.0 Å². The van der Waals surface area contributed by atoms with Crippen molar-refractivity contribution in [2.75, 3.05) is 11.9 Å². The Hall–Kier alpha value is -1.55. The van der Waals surface area contributed by atoms with Gasteiger partial charge in [0, 0.05) is 44.0 Å². The van der Waals surface area contributed by atoms with E-state index in [2.05, 4.69) is 29.1 Å². The molecule has 0 aliphatic carbocycles. The summed E-state index contributed by atoms with van der Waals surface area (Å²) in [4.78, 5) is 6.85. The van der Waals surface area contributed by atoms with Gasteiger partial charge in [0.2, 0.25) is 0 Å². The summed E-state index contributed by atoms with van der Waals surface area (Å²) in [7, 11) is 3.97. The van der Waals surface area contributed by atoms with Crippen LogP contribution in [0.4, 0.5) is 5.82 Å². The fraction of sp³-hybridized carbons (Fsp3) is 0.467. The molecule has 0 unspecified atom stereocenters. The summed E-state index contributed by atoms with van der Waals surface area (Å²) in [5.74, 6) is 1.49. The van der Waals surface area contributed by atoms with Crippen LogP contribution in [0.15, 0.2) is 24.5 Å². The third-order valence-corrected chi connectivity index (χ3v) is 3.46. The van der Waals surface area contributed by atoms with Gasteiger partial charge in [0.1, 0.15) is 5.82 Å². The normalized spacial score (nSPS) is 10.8. The van der Waals surface area contributed by atoms with Gasteiger partial charge in [-0.1, -0.05) is 13.3 Å². The van der Waals surface area contributed by atoms with Crippen LogP contribution in [0.2, 0.25) is 0 Å². The van der Waals surface area contributed by atoms with E-state index in [1.807, 2.05) is 31.2 Å². The summed E-state index contributed by atoms with van der Waals surface area (Å²) < 4.78 is 1.81. The minimum Gasteiger partial charge on any atom is -0.355 e. The lowest BCUT2D eigenvalue weighted by molar-refractivity contribution is 0.766. The first-order valence-corrected chi connectivity index (χ1v) is 7.40. The molecule has 0 saturated heterocycles. The van der Waals surface area contributed by atoms with Gasteiger partial charge in [-0.2, -0.15) is 5.10 Å². The Kier molecular flexibility index (Phi) is 5.01. The molecule has 0 aromatic carbocycles. The van der Waals surface area contributed by atoms with Crippen LogP contribution in [-0.4, -0.2) is 21.8 Å². The van der Waals surface area contributed by atoms with Crippen molar-refractivity contribution in [3.8, 4) is 0 Å². The van der Waals surface area contributed by atoms with Crippen LogP contribution in [0.25, 0.3) is 0 Å². The lowest BCUT2D eigenvalue weighted by atomic mass is 10.1. The Morgan fingerprint density at radius 2 is 2.10 bits per heavy atom. The Bertz CT molecular complexity index is 565. The van der Waals surface area contributed by atoms with E-state index in [9.17, 15) is 0 Å². The first-order chi connectivity index (χ1) is 9.62. The zero-order chi connectivity index (χ0) is 14.5. The van der Waals surface area contributed by atoms with Crippen molar-refractivity contribution >= 4 is 17.4 Å². The highest BCUT2D eigenvalue weighted by Crippen LogP contribution is 2.18. The van der Waals surface area contributed by atoms with E-state index in [0.29, 0.717) is 5.88 Å². The molecule has 0 amide bonds. The van der Waals surface area contributed by atoms with Crippen molar-refractivity contribution in [2.24, 2.45) is 7.05 Å². The molecule has 2 heterocycles. The van der Waals surface area contributed by atoms with Crippen molar-refractivity contribution in [3.63, 3.8) is 0 Å². The van der Waals surface area contributed by atoms with Crippen molar-refractivity contribution < 1.29 is 0 Å². The number of aryl methyl sites for hydroxylation is 2. The maximum Gasteiger partial charge on any atom is 0.129 e. The number of aromatic nitrogens is 3. The summed E-state index contributed by atoms with van der Waals surface area (Å²) in [6, 6.07) is 4.15. The average Bonchev–Trinajstić information content (AvgIpc) is 2.84.